The number of likely N-dealkylation sites (N-methyl/N-ethyl adjacent to an activating group) is 1. The van der Waals surface area contributed by atoms with E-state index in [0.29, 0.717) is 13.1 Å². The predicted octanol–water partition coefficient (Wildman–Crippen LogP) is 2.54. The van der Waals surface area contributed by atoms with Gasteiger partial charge in [0.15, 0.2) is 0 Å². The van der Waals surface area contributed by atoms with E-state index in [1.54, 1.807) is 14.2 Å². The van der Waals surface area contributed by atoms with E-state index in [2.05, 4.69) is 23.5 Å². The monoisotopic (exact) mass is 310 g/mol. The molecule has 1 aliphatic rings. The zero-order valence-electron chi connectivity index (χ0n) is 13.6. The molecule has 2 aromatic carbocycles. The highest BCUT2D eigenvalue weighted by Gasteiger charge is 2.30. The zero-order valence-corrected chi connectivity index (χ0v) is 13.6. The van der Waals surface area contributed by atoms with Gasteiger partial charge in [-0.15, -0.1) is 0 Å². The van der Waals surface area contributed by atoms with Crippen LogP contribution in [0.3, 0.4) is 0 Å². The van der Waals surface area contributed by atoms with Crippen molar-refractivity contribution in [3.05, 3.63) is 65.2 Å². The molecule has 0 saturated carbocycles. The van der Waals surface area contributed by atoms with Crippen LogP contribution >= 0.6 is 0 Å². The number of hydrogen-bond acceptors (Lipinski definition) is 3. The minimum absolute atomic E-state index is 0.0814. The minimum Gasteiger partial charge on any atom is -0.497 e. The van der Waals surface area contributed by atoms with Gasteiger partial charge in [0.2, 0.25) is 5.91 Å². The van der Waals surface area contributed by atoms with E-state index in [-0.39, 0.29) is 11.9 Å². The maximum Gasteiger partial charge on any atom is 0.237 e. The molecule has 3 rings (SSSR count). The van der Waals surface area contributed by atoms with Gasteiger partial charge >= 0.3 is 0 Å². The van der Waals surface area contributed by atoms with Crippen LogP contribution in [-0.4, -0.2) is 31.5 Å². The summed E-state index contributed by atoms with van der Waals surface area (Å²) in [6, 6.07) is 16.5. The fraction of sp³-hybridized carbons (Fsp3) is 0.316. The highest BCUT2D eigenvalue weighted by molar-refractivity contribution is 5.79. The second-order valence-electron chi connectivity index (χ2n) is 5.82. The SMILES string of the molecule is CNCC(=O)N1Cc2cc(OC)ccc2CC1c1ccccc1. The fourth-order valence-electron chi connectivity index (χ4n) is 3.18. The van der Waals surface area contributed by atoms with Crippen LogP contribution in [0.15, 0.2) is 48.5 Å². The minimum atomic E-state index is 0.0814. The number of hydrogen-bond donors (Lipinski definition) is 1. The number of fused-ring (bicyclic) bond motifs is 1. The Hall–Kier alpha value is -2.33. The van der Waals surface area contributed by atoms with Crippen molar-refractivity contribution in [2.45, 2.75) is 19.0 Å². The van der Waals surface area contributed by atoms with E-state index in [0.717, 1.165) is 12.2 Å². The highest BCUT2D eigenvalue weighted by atomic mass is 16.5. The predicted molar refractivity (Wildman–Crippen MR) is 90.4 cm³/mol. The number of amides is 1. The summed E-state index contributed by atoms with van der Waals surface area (Å²) in [4.78, 5) is 14.5. The molecule has 1 heterocycles. The van der Waals surface area contributed by atoms with Crippen molar-refractivity contribution < 1.29 is 9.53 Å². The first-order valence-corrected chi connectivity index (χ1v) is 7.87. The van der Waals surface area contributed by atoms with E-state index in [1.807, 2.05) is 35.2 Å². The number of carbonyl (C=O) groups excluding carboxylic acids is 1. The van der Waals surface area contributed by atoms with Gasteiger partial charge in [-0.3, -0.25) is 4.79 Å². The lowest BCUT2D eigenvalue weighted by Gasteiger charge is -2.37. The molecule has 2 aromatic rings. The van der Waals surface area contributed by atoms with E-state index in [9.17, 15) is 4.79 Å². The Morgan fingerprint density at radius 3 is 2.70 bits per heavy atom. The van der Waals surface area contributed by atoms with Gasteiger partial charge in [0.25, 0.3) is 0 Å². The largest absolute Gasteiger partial charge is 0.497 e. The van der Waals surface area contributed by atoms with Crippen molar-refractivity contribution in [2.75, 3.05) is 20.7 Å². The summed E-state index contributed by atoms with van der Waals surface area (Å²) < 4.78 is 5.32. The molecule has 0 aliphatic carbocycles. The van der Waals surface area contributed by atoms with Gasteiger partial charge in [-0.1, -0.05) is 36.4 Å². The van der Waals surface area contributed by atoms with Crippen LogP contribution in [0.1, 0.15) is 22.7 Å². The topological polar surface area (TPSA) is 41.6 Å². The average molecular weight is 310 g/mol. The van der Waals surface area contributed by atoms with Crippen LogP contribution in [0.4, 0.5) is 0 Å². The maximum atomic E-state index is 12.6. The van der Waals surface area contributed by atoms with Crippen LogP contribution in [0.2, 0.25) is 0 Å². The van der Waals surface area contributed by atoms with Crippen LogP contribution in [0, 0.1) is 0 Å². The molecule has 0 spiro atoms. The van der Waals surface area contributed by atoms with Crippen molar-refractivity contribution >= 4 is 5.91 Å². The lowest BCUT2D eigenvalue weighted by Crippen LogP contribution is -2.42. The molecule has 120 valence electrons. The normalized spacial score (nSPS) is 16.8. The van der Waals surface area contributed by atoms with E-state index in [1.165, 1.54) is 16.7 Å². The third kappa shape index (κ3) is 3.22. The summed E-state index contributed by atoms with van der Waals surface area (Å²) >= 11 is 0. The van der Waals surface area contributed by atoms with Crippen LogP contribution in [-0.2, 0) is 17.8 Å². The summed E-state index contributed by atoms with van der Waals surface area (Å²) in [6.45, 7) is 0.968. The standard InChI is InChI=1S/C19H22N2O2/c1-20-12-19(22)21-13-16-10-17(23-2)9-8-15(16)11-18(21)14-6-4-3-5-7-14/h3-10,18,20H,11-13H2,1-2H3. The first-order valence-electron chi connectivity index (χ1n) is 7.87. The fourth-order valence-corrected chi connectivity index (χ4v) is 3.18. The number of nitrogens with zero attached hydrogens (tertiary/aromatic N) is 1. The third-order valence-electron chi connectivity index (χ3n) is 4.38. The molecule has 0 saturated heterocycles. The van der Waals surface area contributed by atoms with Crippen molar-refractivity contribution in [1.82, 2.24) is 10.2 Å². The van der Waals surface area contributed by atoms with Crippen LogP contribution in [0.25, 0.3) is 0 Å². The Labute approximate surface area is 137 Å². The molecule has 1 amide bonds. The van der Waals surface area contributed by atoms with Crippen molar-refractivity contribution in [2.24, 2.45) is 0 Å². The quantitative estimate of drug-likeness (QED) is 0.943. The van der Waals surface area contributed by atoms with Gasteiger partial charge in [0.1, 0.15) is 5.75 Å². The highest BCUT2D eigenvalue weighted by Crippen LogP contribution is 2.34. The molecule has 0 aromatic heterocycles. The molecule has 1 aliphatic heterocycles. The summed E-state index contributed by atoms with van der Waals surface area (Å²) in [7, 11) is 3.47. The van der Waals surface area contributed by atoms with Crippen molar-refractivity contribution in [3.8, 4) is 5.75 Å². The summed E-state index contributed by atoms with van der Waals surface area (Å²) in [6.07, 6.45) is 0.832. The Morgan fingerprint density at radius 2 is 2.00 bits per heavy atom. The smallest absolute Gasteiger partial charge is 0.237 e. The Bertz CT molecular complexity index is 685. The third-order valence-corrected chi connectivity index (χ3v) is 4.38. The van der Waals surface area contributed by atoms with Gasteiger partial charge in [0, 0.05) is 6.54 Å². The second kappa shape index (κ2) is 6.84. The van der Waals surface area contributed by atoms with E-state index < -0.39 is 0 Å². The maximum absolute atomic E-state index is 12.6. The Morgan fingerprint density at radius 1 is 1.22 bits per heavy atom. The van der Waals surface area contributed by atoms with Crippen LogP contribution in [0.5, 0.6) is 5.75 Å². The first kappa shape index (κ1) is 15.6. The molecule has 4 nitrogen and oxygen atoms in total. The molecular formula is C19H22N2O2. The molecule has 4 heteroatoms. The molecule has 0 radical (unpaired) electrons. The van der Waals surface area contributed by atoms with Gasteiger partial charge in [-0.05, 0) is 42.3 Å². The number of carbonyl (C=O) groups is 1. The summed E-state index contributed by atoms with van der Waals surface area (Å²) in [5.74, 6) is 0.956. The summed E-state index contributed by atoms with van der Waals surface area (Å²) in [5, 5.41) is 2.97. The number of ether oxygens (including phenoxy) is 1. The van der Waals surface area contributed by atoms with Crippen molar-refractivity contribution in [3.63, 3.8) is 0 Å². The number of rotatable bonds is 4. The lowest BCUT2D eigenvalue weighted by atomic mass is 9.89. The molecule has 1 N–H and O–H groups in total. The van der Waals surface area contributed by atoms with Crippen molar-refractivity contribution in [1.29, 1.82) is 0 Å². The van der Waals surface area contributed by atoms with Crippen LogP contribution < -0.4 is 10.1 Å². The number of benzene rings is 2. The van der Waals surface area contributed by atoms with Gasteiger partial charge in [-0.25, -0.2) is 0 Å². The van der Waals surface area contributed by atoms with E-state index in [4.69, 9.17) is 4.74 Å². The second-order valence-corrected chi connectivity index (χ2v) is 5.82. The molecule has 23 heavy (non-hydrogen) atoms. The molecular weight excluding hydrogens is 288 g/mol. The number of nitrogens with one attached hydrogen (secondary N) is 1. The Balaban J connectivity index is 1.97. The average Bonchev–Trinajstić information content (AvgIpc) is 2.61. The van der Waals surface area contributed by atoms with E-state index >= 15 is 0 Å². The Kier molecular flexibility index (Phi) is 4.63. The molecule has 1 atom stereocenters. The molecule has 0 bridgehead atoms. The summed E-state index contributed by atoms with van der Waals surface area (Å²) in [5.41, 5.74) is 3.63. The van der Waals surface area contributed by atoms with Gasteiger partial charge in [-0.2, -0.15) is 0 Å². The number of methoxy groups -OCH3 is 1. The molecule has 0 fully saturated rings. The first-order chi connectivity index (χ1) is 11.2. The molecule has 1 unspecified atom stereocenters. The lowest BCUT2D eigenvalue weighted by molar-refractivity contribution is -0.133. The van der Waals surface area contributed by atoms with Gasteiger partial charge < -0.3 is 15.0 Å². The zero-order chi connectivity index (χ0) is 16.2. The van der Waals surface area contributed by atoms with Gasteiger partial charge in [0.05, 0.1) is 19.7 Å².